The number of hydrogen-bond donors (Lipinski definition) is 2. The van der Waals surface area contributed by atoms with Crippen molar-refractivity contribution in [3.63, 3.8) is 0 Å². The number of amides is 2. The van der Waals surface area contributed by atoms with E-state index >= 15 is 0 Å². The molecule has 20 heavy (non-hydrogen) atoms. The molecule has 0 aromatic carbocycles. The van der Waals surface area contributed by atoms with Crippen molar-refractivity contribution in [2.45, 2.75) is 46.1 Å². The summed E-state index contributed by atoms with van der Waals surface area (Å²) in [5, 5.41) is 11.8. The molecule has 0 spiro atoms. The van der Waals surface area contributed by atoms with E-state index in [4.69, 9.17) is 4.74 Å². The van der Waals surface area contributed by atoms with E-state index < -0.39 is 12.0 Å². The Morgan fingerprint density at radius 1 is 1.30 bits per heavy atom. The first kappa shape index (κ1) is 16.8. The average Bonchev–Trinajstić information content (AvgIpc) is 2.61. The van der Waals surface area contributed by atoms with Crippen molar-refractivity contribution in [2.75, 3.05) is 26.3 Å². The summed E-state index contributed by atoms with van der Waals surface area (Å²) in [4.78, 5) is 25.0. The summed E-state index contributed by atoms with van der Waals surface area (Å²) < 4.78 is 5.28. The minimum absolute atomic E-state index is 0.0505. The molecule has 0 bridgehead atoms. The van der Waals surface area contributed by atoms with E-state index in [0.717, 1.165) is 12.8 Å². The van der Waals surface area contributed by atoms with Gasteiger partial charge in [-0.1, -0.05) is 20.8 Å². The van der Waals surface area contributed by atoms with Gasteiger partial charge in [0.15, 0.2) is 0 Å². The van der Waals surface area contributed by atoms with Crippen LogP contribution in [-0.4, -0.2) is 54.4 Å². The van der Waals surface area contributed by atoms with Crippen molar-refractivity contribution in [3.05, 3.63) is 0 Å². The Hall–Kier alpha value is -1.30. The summed E-state index contributed by atoms with van der Waals surface area (Å²) in [6.07, 6.45) is 1.97. The first-order chi connectivity index (χ1) is 9.29. The summed E-state index contributed by atoms with van der Waals surface area (Å²) in [5.74, 6) is -0.978. The zero-order valence-electron chi connectivity index (χ0n) is 12.6. The van der Waals surface area contributed by atoms with Crippen LogP contribution >= 0.6 is 0 Å². The molecule has 0 aliphatic carbocycles. The van der Waals surface area contributed by atoms with Gasteiger partial charge >= 0.3 is 12.0 Å². The third-order valence-corrected chi connectivity index (χ3v) is 3.29. The minimum Gasteiger partial charge on any atom is -0.480 e. The maximum atomic E-state index is 12.1. The Kier molecular flexibility index (Phi) is 6.26. The van der Waals surface area contributed by atoms with Gasteiger partial charge in [0.25, 0.3) is 0 Å². The molecule has 1 fully saturated rings. The number of hydrogen-bond acceptors (Lipinski definition) is 3. The van der Waals surface area contributed by atoms with Gasteiger partial charge in [-0.25, -0.2) is 9.59 Å². The highest BCUT2D eigenvalue weighted by atomic mass is 16.5. The molecule has 1 saturated heterocycles. The molecule has 2 N–H and O–H groups in total. The van der Waals surface area contributed by atoms with Crippen LogP contribution < -0.4 is 5.32 Å². The van der Waals surface area contributed by atoms with Crippen LogP contribution in [0.4, 0.5) is 4.79 Å². The summed E-state index contributed by atoms with van der Waals surface area (Å²) >= 11 is 0. The van der Waals surface area contributed by atoms with Crippen molar-refractivity contribution in [1.82, 2.24) is 10.2 Å². The number of carboxylic acids is 1. The third-order valence-electron chi connectivity index (χ3n) is 3.29. The van der Waals surface area contributed by atoms with E-state index in [0.29, 0.717) is 32.7 Å². The van der Waals surface area contributed by atoms with E-state index in [-0.39, 0.29) is 11.4 Å². The highest BCUT2D eigenvalue weighted by Gasteiger charge is 2.25. The quantitative estimate of drug-likeness (QED) is 0.824. The van der Waals surface area contributed by atoms with E-state index in [1.807, 2.05) is 0 Å². The second-order valence-electron chi connectivity index (χ2n) is 6.39. The number of carbonyl (C=O) groups is 2. The van der Waals surface area contributed by atoms with Crippen LogP contribution in [0.3, 0.4) is 0 Å². The average molecular weight is 286 g/mol. The SMILES string of the molecule is CC(C)(C)CCC(NC(=O)N1CCCOCC1)C(=O)O. The molecule has 0 radical (unpaired) electrons. The Bertz CT molecular complexity index is 331. The highest BCUT2D eigenvalue weighted by molar-refractivity contribution is 5.82. The fourth-order valence-electron chi connectivity index (χ4n) is 2.02. The van der Waals surface area contributed by atoms with Gasteiger partial charge in [0.05, 0.1) is 6.61 Å². The third kappa shape index (κ3) is 6.23. The van der Waals surface area contributed by atoms with E-state index in [9.17, 15) is 14.7 Å². The fraction of sp³-hybridized carbons (Fsp3) is 0.857. The zero-order chi connectivity index (χ0) is 15.2. The van der Waals surface area contributed by atoms with E-state index in [2.05, 4.69) is 26.1 Å². The molecule has 1 aliphatic heterocycles. The molecule has 1 unspecified atom stereocenters. The number of urea groups is 1. The molecule has 2 amide bonds. The van der Waals surface area contributed by atoms with Crippen LogP contribution in [-0.2, 0) is 9.53 Å². The molecule has 0 aromatic heterocycles. The topological polar surface area (TPSA) is 78.9 Å². The predicted molar refractivity (Wildman–Crippen MR) is 75.7 cm³/mol. The Morgan fingerprint density at radius 2 is 2.00 bits per heavy atom. The van der Waals surface area contributed by atoms with Crippen LogP contribution in [0.25, 0.3) is 0 Å². The Labute approximate surface area is 120 Å². The maximum absolute atomic E-state index is 12.1. The monoisotopic (exact) mass is 286 g/mol. The number of nitrogens with one attached hydrogen (secondary N) is 1. The van der Waals surface area contributed by atoms with Crippen LogP contribution in [0.1, 0.15) is 40.0 Å². The smallest absolute Gasteiger partial charge is 0.326 e. The second kappa shape index (κ2) is 7.47. The summed E-state index contributed by atoms with van der Waals surface area (Å²) in [5.41, 5.74) is 0.0505. The Balaban J connectivity index is 2.51. The highest BCUT2D eigenvalue weighted by Crippen LogP contribution is 2.21. The number of rotatable bonds is 4. The van der Waals surface area contributed by atoms with Gasteiger partial charge in [-0.3, -0.25) is 0 Å². The van der Waals surface area contributed by atoms with Gasteiger partial charge in [0.1, 0.15) is 6.04 Å². The van der Waals surface area contributed by atoms with Crippen molar-refractivity contribution in [3.8, 4) is 0 Å². The lowest BCUT2D eigenvalue weighted by atomic mass is 9.89. The molecule has 1 heterocycles. The van der Waals surface area contributed by atoms with Gasteiger partial charge < -0.3 is 20.1 Å². The van der Waals surface area contributed by atoms with Gasteiger partial charge in [-0.05, 0) is 24.7 Å². The lowest BCUT2D eigenvalue weighted by Crippen LogP contribution is -2.48. The molecule has 6 heteroatoms. The minimum atomic E-state index is -0.978. The number of aliphatic carboxylic acids is 1. The van der Waals surface area contributed by atoms with Gasteiger partial charge in [0.2, 0.25) is 0 Å². The molecular weight excluding hydrogens is 260 g/mol. The number of ether oxygens (including phenoxy) is 1. The molecule has 116 valence electrons. The molecule has 6 nitrogen and oxygen atoms in total. The number of carboxylic acid groups (broad SMARTS) is 1. The van der Waals surface area contributed by atoms with E-state index in [1.54, 1.807) is 4.90 Å². The molecule has 0 aromatic rings. The Morgan fingerprint density at radius 3 is 2.60 bits per heavy atom. The van der Waals surface area contributed by atoms with Crippen LogP contribution in [0.2, 0.25) is 0 Å². The first-order valence-electron chi connectivity index (χ1n) is 7.15. The van der Waals surface area contributed by atoms with Gasteiger partial charge in [0, 0.05) is 19.7 Å². The van der Waals surface area contributed by atoms with Crippen LogP contribution in [0, 0.1) is 5.41 Å². The first-order valence-corrected chi connectivity index (χ1v) is 7.15. The molecule has 1 rings (SSSR count). The zero-order valence-corrected chi connectivity index (χ0v) is 12.6. The maximum Gasteiger partial charge on any atom is 0.326 e. The summed E-state index contributed by atoms with van der Waals surface area (Å²) in [7, 11) is 0. The molecular formula is C14H26N2O4. The van der Waals surface area contributed by atoms with Gasteiger partial charge in [-0.2, -0.15) is 0 Å². The fourth-order valence-corrected chi connectivity index (χ4v) is 2.02. The normalized spacial score (nSPS) is 18.2. The summed E-state index contributed by atoms with van der Waals surface area (Å²) in [6, 6.07) is -1.14. The van der Waals surface area contributed by atoms with Crippen molar-refractivity contribution in [2.24, 2.45) is 5.41 Å². The van der Waals surface area contributed by atoms with Crippen LogP contribution in [0.15, 0.2) is 0 Å². The van der Waals surface area contributed by atoms with E-state index in [1.165, 1.54) is 0 Å². The largest absolute Gasteiger partial charge is 0.480 e. The molecule has 1 atom stereocenters. The predicted octanol–water partition coefficient (Wildman–Crippen LogP) is 1.70. The molecule has 1 aliphatic rings. The van der Waals surface area contributed by atoms with Crippen LogP contribution in [0.5, 0.6) is 0 Å². The van der Waals surface area contributed by atoms with Crippen molar-refractivity contribution < 1.29 is 19.4 Å². The second-order valence-corrected chi connectivity index (χ2v) is 6.39. The number of carbonyl (C=O) groups excluding carboxylic acids is 1. The van der Waals surface area contributed by atoms with Crippen molar-refractivity contribution in [1.29, 1.82) is 0 Å². The lowest BCUT2D eigenvalue weighted by Gasteiger charge is -2.25. The van der Waals surface area contributed by atoms with Gasteiger partial charge in [-0.15, -0.1) is 0 Å². The van der Waals surface area contributed by atoms with Crippen molar-refractivity contribution >= 4 is 12.0 Å². The number of nitrogens with zero attached hydrogens (tertiary/aromatic N) is 1. The summed E-state index contributed by atoms with van der Waals surface area (Å²) in [6.45, 7) is 8.44. The molecule has 0 saturated carbocycles. The standard InChI is InChI=1S/C14H26N2O4/c1-14(2,3)6-5-11(12(17)18)15-13(19)16-7-4-9-20-10-8-16/h11H,4-10H2,1-3H3,(H,15,19)(H,17,18). The lowest BCUT2D eigenvalue weighted by molar-refractivity contribution is -0.139.